The molecule has 1 aromatic rings. The van der Waals surface area contributed by atoms with Gasteiger partial charge in [-0.15, -0.1) is 0 Å². The summed E-state index contributed by atoms with van der Waals surface area (Å²) in [6, 6.07) is 1.93. The van der Waals surface area contributed by atoms with Crippen LogP contribution in [-0.2, 0) is 4.74 Å². The van der Waals surface area contributed by atoms with Gasteiger partial charge in [0.25, 0.3) is 5.91 Å². The molecule has 1 unspecified atom stereocenters. The predicted octanol–water partition coefficient (Wildman–Crippen LogP) is 1.92. The fourth-order valence-corrected chi connectivity index (χ4v) is 1.31. The van der Waals surface area contributed by atoms with Crippen molar-refractivity contribution in [2.45, 2.75) is 18.6 Å². The Morgan fingerprint density at radius 1 is 1.42 bits per heavy atom. The first-order valence-corrected chi connectivity index (χ1v) is 5.19. The van der Waals surface area contributed by atoms with Crippen LogP contribution >= 0.6 is 0 Å². The van der Waals surface area contributed by atoms with Gasteiger partial charge in [0, 0.05) is 13.3 Å². The fraction of sp³-hybridized carbons (Fsp3) is 0.455. The molecule has 0 aliphatic carbocycles. The summed E-state index contributed by atoms with van der Waals surface area (Å²) in [5, 5.41) is 1.82. The van der Waals surface area contributed by atoms with E-state index in [1.807, 2.05) is 5.32 Å². The molecule has 0 fully saturated rings. The summed E-state index contributed by atoms with van der Waals surface area (Å²) in [5.41, 5.74) is -2.71. The Morgan fingerprint density at radius 2 is 2.05 bits per heavy atom. The lowest BCUT2D eigenvalue weighted by Crippen LogP contribution is -2.59. The number of halogens is 4. The van der Waals surface area contributed by atoms with Gasteiger partial charge in [0.05, 0.1) is 12.2 Å². The molecule has 0 spiro atoms. The number of nitrogens with zero attached hydrogens (tertiary/aromatic N) is 1. The molecular formula is C11H12F4N2O2. The highest BCUT2D eigenvalue weighted by Gasteiger charge is 2.52. The number of methoxy groups -OCH3 is 1. The van der Waals surface area contributed by atoms with E-state index >= 15 is 0 Å². The number of carbonyl (C=O) groups is 1. The normalized spacial score (nSPS) is 14.8. The topological polar surface area (TPSA) is 51.2 Å². The van der Waals surface area contributed by atoms with Crippen LogP contribution in [0.4, 0.5) is 17.6 Å². The molecule has 0 bridgehead atoms. The highest BCUT2D eigenvalue weighted by molar-refractivity contribution is 5.94. The number of pyridine rings is 1. The fourth-order valence-electron chi connectivity index (χ4n) is 1.31. The molecule has 0 aromatic carbocycles. The van der Waals surface area contributed by atoms with Crippen LogP contribution in [0.1, 0.15) is 17.3 Å². The molecule has 0 radical (unpaired) electrons. The SMILES string of the molecule is COCC(C)(NC(=O)c1ccc(F)nc1)C(F)(F)F. The van der Waals surface area contributed by atoms with Gasteiger partial charge in [-0.25, -0.2) is 4.98 Å². The summed E-state index contributed by atoms with van der Waals surface area (Å²) < 4.78 is 55.6. The molecule has 8 heteroatoms. The largest absolute Gasteiger partial charge is 0.413 e. The van der Waals surface area contributed by atoms with Gasteiger partial charge in [0.2, 0.25) is 5.95 Å². The molecule has 1 rings (SSSR count). The highest BCUT2D eigenvalue weighted by atomic mass is 19.4. The van der Waals surface area contributed by atoms with E-state index in [4.69, 9.17) is 0 Å². The Bertz CT molecular complexity index is 447. The maximum atomic E-state index is 12.9. The van der Waals surface area contributed by atoms with Gasteiger partial charge in [0.1, 0.15) is 0 Å². The molecule has 0 aliphatic rings. The lowest BCUT2D eigenvalue weighted by Gasteiger charge is -2.32. The second kappa shape index (κ2) is 5.52. The number of ether oxygens (including phenoxy) is 1. The van der Waals surface area contributed by atoms with Gasteiger partial charge in [-0.2, -0.15) is 17.6 Å². The van der Waals surface area contributed by atoms with Crippen LogP contribution in [0.3, 0.4) is 0 Å². The number of amides is 1. The summed E-state index contributed by atoms with van der Waals surface area (Å²) in [6.07, 6.45) is -3.83. The molecule has 1 heterocycles. The summed E-state index contributed by atoms with van der Waals surface area (Å²) in [7, 11) is 1.09. The van der Waals surface area contributed by atoms with E-state index in [-0.39, 0.29) is 5.56 Å². The van der Waals surface area contributed by atoms with Gasteiger partial charge in [0.15, 0.2) is 5.54 Å². The second-order valence-electron chi connectivity index (χ2n) is 4.09. The molecule has 19 heavy (non-hydrogen) atoms. The number of aromatic nitrogens is 1. The van der Waals surface area contributed by atoms with Gasteiger partial charge >= 0.3 is 6.18 Å². The van der Waals surface area contributed by atoms with Crippen LogP contribution < -0.4 is 5.32 Å². The minimum atomic E-state index is -4.69. The molecule has 0 saturated carbocycles. The average molecular weight is 280 g/mol. The van der Waals surface area contributed by atoms with E-state index in [9.17, 15) is 22.4 Å². The lowest BCUT2D eigenvalue weighted by atomic mass is 10.0. The first kappa shape index (κ1) is 15.4. The van der Waals surface area contributed by atoms with E-state index in [2.05, 4.69) is 9.72 Å². The summed E-state index contributed by atoms with van der Waals surface area (Å²) in [5.74, 6) is -1.84. The van der Waals surface area contributed by atoms with Crippen LogP contribution in [-0.4, -0.2) is 36.3 Å². The Balaban J connectivity index is 2.91. The minimum absolute atomic E-state index is 0.173. The van der Waals surface area contributed by atoms with E-state index in [1.165, 1.54) is 0 Å². The Morgan fingerprint density at radius 3 is 2.47 bits per heavy atom. The van der Waals surface area contributed by atoms with Crippen molar-refractivity contribution in [2.24, 2.45) is 0 Å². The number of nitrogens with one attached hydrogen (secondary N) is 1. The van der Waals surface area contributed by atoms with Crippen molar-refractivity contribution in [2.75, 3.05) is 13.7 Å². The molecule has 1 aromatic heterocycles. The molecule has 4 nitrogen and oxygen atoms in total. The molecule has 1 N–H and O–H groups in total. The Hall–Kier alpha value is -1.70. The van der Waals surface area contributed by atoms with Crippen molar-refractivity contribution in [3.8, 4) is 0 Å². The van der Waals surface area contributed by atoms with Crippen molar-refractivity contribution in [1.29, 1.82) is 0 Å². The van der Waals surface area contributed by atoms with Crippen molar-refractivity contribution in [1.82, 2.24) is 10.3 Å². The van der Waals surface area contributed by atoms with Crippen molar-refractivity contribution < 1.29 is 27.1 Å². The number of alkyl halides is 3. The highest BCUT2D eigenvalue weighted by Crippen LogP contribution is 2.30. The maximum Gasteiger partial charge on any atom is 0.413 e. The summed E-state index contributed by atoms with van der Waals surface area (Å²) >= 11 is 0. The monoisotopic (exact) mass is 280 g/mol. The van der Waals surface area contributed by atoms with Crippen molar-refractivity contribution >= 4 is 5.91 Å². The standard InChI is InChI=1S/C11H12F4N2O2/c1-10(6-19-2,11(13,14)15)17-9(18)7-3-4-8(12)16-5-7/h3-5H,6H2,1-2H3,(H,17,18). The van der Waals surface area contributed by atoms with E-state index in [0.29, 0.717) is 0 Å². The van der Waals surface area contributed by atoms with Crippen LogP contribution in [0, 0.1) is 5.95 Å². The molecule has 0 aliphatic heterocycles. The third-order valence-corrected chi connectivity index (χ3v) is 2.44. The number of carbonyl (C=O) groups excluding carboxylic acids is 1. The number of hydrogen-bond donors (Lipinski definition) is 1. The van der Waals surface area contributed by atoms with Crippen LogP contribution in [0.5, 0.6) is 0 Å². The summed E-state index contributed by atoms with van der Waals surface area (Å²) in [6.45, 7) is 0.0578. The Kier molecular flexibility index (Phi) is 4.46. The molecule has 0 saturated heterocycles. The molecule has 1 atom stereocenters. The number of rotatable bonds is 4. The van der Waals surface area contributed by atoms with Crippen LogP contribution in [0.15, 0.2) is 18.3 Å². The lowest BCUT2D eigenvalue weighted by molar-refractivity contribution is -0.200. The van der Waals surface area contributed by atoms with E-state index in [1.54, 1.807) is 0 Å². The molecular weight excluding hydrogens is 268 g/mol. The minimum Gasteiger partial charge on any atom is -0.382 e. The summed E-state index contributed by atoms with van der Waals surface area (Å²) in [4.78, 5) is 14.9. The first-order valence-electron chi connectivity index (χ1n) is 5.19. The van der Waals surface area contributed by atoms with Gasteiger partial charge in [-0.05, 0) is 19.1 Å². The number of hydrogen-bond acceptors (Lipinski definition) is 3. The van der Waals surface area contributed by atoms with Gasteiger partial charge in [-0.3, -0.25) is 4.79 Å². The van der Waals surface area contributed by atoms with Crippen LogP contribution in [0.25, 0.3) is 0 Å². The third-order valence-electron chi connectivity index (χ3n) is 2.44. The smallest absolute Gasteiger partial charge is 0.382 e. The average Bonchev–Trinajstić information content (AvgIpc) is 2.28. The van der Waals surface area contributed by atoms with E-state index < -0.39 is 30.2 Å². The first-order chi connectivity index (χ1) is 8.69. The zero-order valence-corrected chi connectivity index (χ0v) is 10.2. The third kappa shape index (κ3) is 3.63. The van der Waals surface area contributed by atoms with Gasteiger partial charge in [-0.1, -0.05) is 0 Å². The van der Waals surface area contributed by atoms with Gasteiger partial charge < -0.3 is 10.1 Å². The second-order valence-corrected chi connectivity index (χ2v) is 4.09. The van der Waals surface area contributed by atoms with E-state index in [0.717, 1.165) is 32.4 Å². The molecule has 1 amide bonds. The zero-order valence-electron chi connectivity index (χ0n) is 10.2. The molecule has 106 valence electrons. The predicted molar refractivity (Wildman–Crippen MR) is 58.0 cm³/mol. The van der Waals surface area contributed by atoms with Crippen molar-refractivity contribution in [3.63, 3.8) is 0 Å². The quantitative estimate of drug-likeness (QED) is 0.677. The Labute approximate surface area is 106 Å². The zero-order chi connectivity index (χ0) is 14.7. The van der Waals surface area contributed by atoms with Crippen LogP contribution in [0.2, 0.25) is 0 Å². The van der Waals surface area contributed by atoms with Crippen molar-refractivity contribution in [3.05, 3.63) is 29.8 Å². The maximum absolute atomic E-state index is 12.9.